The molecule has 0 N–H and O–H groups in total. The zero-order valence-electron chi connectivity index (χ0n) is 46.7. The highest BCUT2D eigenvalue weighted by atomic mass is 16.8. The van der Waals surface area contributed by atoms with Crippen LogP contribution in [-0.4, -0.2) is 67.2 Å². The molecule has 0 unspecified atom stereocenters. The zero-order chi connectivity index (χ0) is 57.0. The summed E-state index contributed by atoms with van der Waals surface area (Å²) in [5, 5.41) is 19.7. The minimum Gasteiger partial charge on any atom is -0.374 e. The molecule has 2 saturated heterocycles. The van der Waals surface area contributed by atoms with Crippen LogP contribution in [0.25, 0.3) is 0 Å². The number of hydrogen-bond donors (Lipinski definition) is 0. The first-order chi connectivity index (χ1) is 41.6. The molecule has 0 amide bonds. The molecule has 1 aromatic heterocycles. The van der Waals surface area contributed by atoms with Crippen molar-refractivity contribution in [3.8, 4) is 0 Å². The van der Waals surface area contributed by atoms with Gasteiger partial charge in [-0.3, -0.25) is 4.63 Å². The number of aromatic nitrogens is 2. The third kappa shape index (κ3) is 15.7. The second-order valence-electron chi connectivity index (χ2n) is 21.0. The van der Waals surface area contributed by atoms with Crippen molar-refractivity contribution in [2.45, 2.75) is 114 Å². The monoisotopic (exact) mass is 1130 g/mol. The molecule has 0 bridgehead atoms. The van der Waals surface area contributed by atoms with E-state index >= 15 is 5.21 Å². The van der Waals surface area contributed by atoms with E-state index in [2.05, 4.69) is 5.16 Å². The summed E-state index contributed by atoms with van der Waals surface area (Å²) >= 11 is 0. The summed E-state index contributed by atoms with van der Waals surface area (Å²) in [5.41, 5.74) is 7.58. The predicted molar refractivity (Wildman–Crippen MR) is 313 cm³/mol. The van der Waals surface area contributed by atoms with Crippen LogP contribution in [0.5, 0.6) is 0 Å². The van der Waals surface area contributed by atoms with Gasteiger partial charge in [-0.05, 0) is 49.4 Å². The fourth-order valence-corrected chi connectivity index (χ4v) is 10.7. The molecule has 2 fully saturated rings. The molecule has 0 spiro atoms. The smallest absolute Gasteiger partial charge is 0.255 e. The lowest BCUT2D eigenvalue weighted by Gasteiger charge is -2.46. The topological polar surface area (TPSA) is 145 Å². The third-order valence-electron chi connectivity index (χ3n) is 15.0. The molecular weight excluding hydrogens is 1060 g/mol. The Balaban J connectivity index is 1.03. The van der Waals surface area contributed by atoms with Gasteiger partial charge in [0.1, 0.15) is 48.8 Å². The van der Waals surface area contributed by atoms with Crippen LogP contribution in [-0.2, 0) is 100 Å². The van der Waals surface area contributed by atoms with Crippen LogP contribution in [0.15, 0.2) is 247 Å². The molecule has 2 aliphatic heterocycles. The molecule has 2 aliphatic rings. The number of rotatable bonds is 28. The predicted octanol–water partition coefficient (Wildman–Crippen LogP) is 12.1. The van der Waals surface area contributed by atoms with Crippen LogP contribution in [0.3, 0.4) is 0 Å². The fourth-order valence-electron chi connectivity index (χ4n) is 10.7. The van der Waals surface area contributed by atoms with Crippen molar-refractivity contribution in [2.24, 2.45) is 0 Å². The van der Waals surface area contributed by atoms with Gasteiger partial charge in [-0.25, -0.2) is 0 Å². The van der Waals surface area contributed by atoms with Crippen molar-refractivity contribution < 1.29 is 56.9 Å². The van der Waals surface area contributed by atoms with E-state index in [1.165, 1.54) is 0 Å². The Hall–Kier alpha value is -7.70. The quantitative estimate of drug-likeness (QED) is 0.0429. The van der Waals surface area contributed by atoms with Gasteiger partial charge in [-0.15, -0.1) is 0 Å². The SMILES string of the molecule is [O-][n+]1onc([C@@H]2O[C@H](COCc3ccccc3)[C@@H](OCc3ccccc3)[C@H](OCc3ccccc3)[C@@H]2OCc2ccccc2)c1[C@@H]1O[C@H](COCc2ccccc2)[C@@H](OCc2ccccc2)[C@H](OCc2ccccc2)[C@@H]1OCc1ccccc1. The summed E-state index contributed by atoms with van der Waals surface area (Å²) in [7, 11) is 0. The minimum absolute atomic E-state index is 0.0105. The molecule has 9 aromatic rings. The van der Waals surface area contributed by atoms with Crippen LogP contribution in [0.1, 0.15) is 68.1 Å². The lowest BCUT2D eigenvalue weighted by molar-refractivity contribution is -0.811. The summed E-state index contributed by atoms with van der Waals surface area (Å²) in [6.45, 7) is 1.74. The first kappa shape index (κ1) is 58.1. The molecule has 0 saturated carbocycles. The molecular formula is C70H70N2O12. The number of ether oxygens (including phenoxy) is 10. The maximum atomic E-state index is 15.1. The van der Waals surface area contributed by atoms with Crippen LogP contribution in [0, 0.1) is 5.21 Å². The van der Waals surface area contributed by atoms with Crippen LogP contribution in [0.2, 0.25) is 0 Å². The zero-order valence-corrected chi connectivity index (χ0v) is 46.7. The Labute approximate surface area is 490 Å². The molecule has 3 heterocycles. The van der Waals surface area contributed by atoms with E-state index in [1.807, 2.05) is 243 Å². The van der Waals surface area contributed by atoms with Crippen molar-refractivity contribution in [1.82, 2.24) is 5.16 Å². The Kier molecular flexibility index (Phi) is 20.9. The third-order valence-corrected chi connectivity index (χ3v) is 15.0. The Morgan fingerprint density at radius 1 is 0.310 bits per heavy atom. The molecule has 0 radical (unpaired) electrons. The molecule has 8 aromatic carbocycles. The molecule has 84 heavy (non-hydrogen) atoms. The summed E-state index contributed by atoms with van der Waals surface area (Å²) in [5.74, 6) is 0. The van der Waals surface area contributed by atoms with Gasteiger partial charge in [0.2, 0.25) is 5.69 Å². The summed E-state index contributed by atoms with van der Waals surface area (Å²) in [4.78, 5) is 0.385. The van der Waals surface area contributed by atoms with Crippen LogP contribution in [0.4, 0.5) is 0 Å². The van der Waals surface area contributed by atoms with Crippen molar-refractivity contribution in [3.63, 3.8) is 0 Å². The van der Waals surface area contributed by atoms with Crippen molar-refractivity contribution in [3.05, 3.63) is 304 Å². The van der Waals surface area contributed by atoms with Gasteiger partial charge in [0, 0.05) is 5.16 Å². The number of benzene rings is 8. The van der Waals surface area contributed by atoms with Gasteiger partial charge in [-0.2, -0.15) is 0 Å². The van der Waals surface area contributed by atoms with E-state index in [0.717, 1.165) is 44.5 Å². The van der Waals surface area contributed by atoms with Crippen LogP contribution >= 0.6 is 0 Å². The number of nitrogens with zero attached hydrogens (tertiary/aromatic N) is 2. The number of hydrogen-bond acceptors (Lipinski definition) is 13. The Morgan fingerprint density at radius 3 is 0.869 bits per heavy atom. The highest BCUT2D eigenvalue weighted by molar-refractivity contribution is 5.23. The van der Waals surface area contributed by atoms with Crippen LogP contribution < -0.4 is 4.90 Å². The standard InChI is InChI=1S/C70H70N2O12/c73-72-62(66-70(81-48-58-39-23-8-24-40-58)68(79-46-56-35-19-6-20-36-56)64(77-44-54-31-15-4-16-32-54)60(83-66)50-75-42-52-27-11-2-12-28-52)61(71-84-72)65-69(80-47-57-37-21-7-22-38-57)67(78-45-55-33-17-5-18-34-55)63(76-43-53-29-13-3-14-30-53)59(82-65)49-74-41-51-25-9-1-10-26-51/h1-40,59-60,63-70H,41-50H2/t59-,60-,63-,64-,65+,66+,67+,68+,69-,70-/m1/s1. The minimum atomic E-state index is -1.24. The summed E-state index contributed by atoms with van der Waals surface area (Å²) < 4.78 is 76.2. The second kappa shape index (κ2) is 30.2. The average Bonchev–Trinajstić information content (AvgIpc) is 2.75. The second-order valence-corrected chi connectivity index (χ2v) is 21.0. The van der Waals surface area contributed by atoms with E-state index in [0.29, 0.717) is 4.90 Å². The van der Waals surface area contributed by atoms with Crippen molar-refractivity contribution >= 4 is 0 Å². The normalized spacial score (nSPS) is 22.4. The maximum absolute atomic E-state index is 15.1. The van der Waals surface area contributed by atoms with E-state index in [1.54, 1.807) is 0 Å². The average molecular weight is 1130 g/mol. The highest BCUT2D eigenvalue weighted by Gasteiger charge is 2.57. The lowest BCUT2D eigenvalue weighted by atomic mass is 9.88. The summed E-state index contributed by atoms with van der Waals surface area (Å²) in [6.07, 6.45) is -9.44. The van der Waals surface area contributed by atoms with E-state index in [4.69, 9.17) is 52.0 Å². The molecule has 11 rings (SSSR count). The molecule has 14 nitrogen and oxygen atoms in total. The fraction of sp³-hybridized carbons (Fsp3) is 0.286. The van der Waals surface area contributed by atoms with Gasteiger partial charge in [0.15, 0.2) is 12.2 Å². The Morgan fingerprint density at radius 2 is 0.560 bits per heavy atom. The van der Waals surface area contributed by atoms with Gasteiger partial charge >= 0.3 is 0 Å². The Bertz CT molecular complexity index is 3280. The molecule has 10 atom stereocenters. The van der Waals surface area contributed by atoms with E-state index in [-0.39, 0.29) is 77.5 Å². The van der Waals surface area contributed by atoms with Crippen molar-refractivity contribution in [1.29, 1.82) is 0 Å². The maximum Gasteiger partial charge on any atom is 0.255 e. The highest BCUT2D eigenvalue weighted by Crippen LogP contribution is 2.44. The lowest BCUT2D eigenvalue weighted by Crippen LogP contribution is -2.60. The van der Waals surface area contributed by atoms with E-state index in [9.17, 15) is 0 Å². The van der Waals surface area contributed by atoms with Gasteiger partial charge in [0.25, 0.3) is 5.69 Å². The molecule has 0 aliphatic carbocycles. The van der Waals surface area contributed by atoms with Crippen molar-refractivity contribution in [2.75, 3.05) is 13.2 Å². The molecule has 432 valence electrons. The first-order valence-electron chi connectivity index (χ1n) is 28.7. The largest absolute Gasteiger partial charge is 0.374 e. The van der Waals surface area contributed by atoms with Gasteiger partial charge < -0.3 is 52.6 Å². The molecule has 14 heteroatoms. The first-order valence-corrected chi connectivity index (χ1v) is 28.7. The van der Waals surface area contributed by atoms with Gasteiger partial charge in [0.05, 0.1) is 66.1 Å². The summed E-state index contributed by atoms with van der Waals surface area (Å²) in [6, 6.07) is 79.3. The van der Waals surface area contributed by atoms with Gasteiger partial charge in [-0.1, -0.05) is 243 Å². The van der Waals surface area contributed by atoms with E-state index < -0.39 is 61.0 Å².